The second-order valence-electron chi connectivity index (χ2n) is 8.28. The Kier molecular flexibility index (Phi) is 6.68. The van der Waals surface area contributed by atoms with Gasteiger partial charge in [0.1, 0.15) is 11.7 Å². The number of rotatable bonds is 5. The van der Waals surface area contributed by atoms with E-state index in [4.69, 9.17) is 23.2 Å². The maximum atomic E-state index is 11.2. The van der Waals surface area contributed by atoms with E-state index in [2.05, 4.69) is 20.9 Å². The molecule has 1 fully saturated rings. The van der Waals surface area contributed by atoms with Crippen molar-refractivity contribution in [2.24, 2.45) is 0 Å². The summed E-state index contributed by atoms with van der Waals surface area (Å²) >= 11 is 12.3. The van der Waals surface area contributed by atoms with E-state index in [1.165, 1.54) is 0 Å². The van der Waals surface area contributed by atoms with Crippen molar-refractivity contribution in [1.82, 2.24) is 9.88 Å². The summed E-state index contributed by atoms with van der Waals surface area (Å²) in [5, 5.41) is 22.1. The fourth-order valence-electron chi connectivity index (χ4n) is 4.30. The van der Waals surface area contributed by atoms with E-state index in [1.807, 2.05) is 55.5 Å². The zero-order valence-corrected chi connectivity index (χ0v) is 19.3. The van der Waals surface area contributed by atoms with Crippen LogP contribution in [0.5, 0.6) is 0 Å². The molecule has 32 heavy (non-hydrogen) atoms. The van der Waals surface area contributed by atoms with Gasteiger partial charge in [0.05, 0.1) is 17.3 Å². The van der Waals surface area contributed by atoms with Gasteiger partial charge in [-0.25, -0.2) is 0 Å². The number of nitriles is 1. The molecule has 0 spiro atoms. The second kappa shape index (κ2) is 9.48. The number of aromatic nitrogens is 1. The normalized spacial score (nSPS) is 18.7. The zero-order chi connectivity index (χ0) is 22.7. The fourth-order valence-corrected chi connectivity index (χ4v) is 4.60. The summed E-state index contributed by atoms with van der Waals surface area (Å²) in [6.45, 7) is 4.43. The van der Waals surface area contributed by atoms with Crippen molar-refractivity contribution in [2.75, 3.05) is 31.1 Å². The highest BCUT2D eigenvalue weighted by Gasteiger charge is 2.34. The van der Waals surface area contributed by atoms with E-state index >= 15 is 0 Å². The number of benzene rings is 2. The SMILES string of the molecule is C[C@@](O)(CN1CCN(c2ccc(Cl)cc2C#N)[C@H](c2ccc(Cl)cc2)C1)c1cccnc1. The standard InChI is InChI=1S/C25H24Cl2N4O/c1-25(32,20-3-2-10-29-15-20)17-30-11-12-31(23-9-8-22(27)13-19(23)14-28)24(16-30)18-4-6-21(26)7-5-18/h2-10,13,15,24,32H,11-12,16-17H2,1H3/t24-,25+/m0/s1. The Balaban J connectivity index is 1.64. The lowest BCUT2D eigenvalue weighted by Crippen LogP contribution is -2.52. The second-order valence-corrected chi connectivity index (χ2v) is 9.16. The molecular weight excluding hydrogens is 443 g/mol. The summed E-state index contributed by atoms with van der Waals surface area (Å²) < 4.78 is 0. The summed E-state index contributed by atoms with van der Waals surface area (Å²) in [5.74, 6) is 0. The van der Waals surface area contributed by atoms with Gasteiger partial charge >= 0.3 is 0 Å². The van der Waals surface area contributed by atoms with Gasteiger partial charge in [0.25, 0.3) is 0 Å². The molecule has 4 rings (SSSR count). The van der Waals surface area contributed by atoms with Gasteiger partial charge in [0.2, 0.25) is 0 Å². The Morgan fingerprint density at radius 2 is 1.88 bits per heavy atom. The monoisotopic (exact) mass is 466 g/mol. The fraction of sp³-hybridized carbons (Fsp3) is 0.280. The number of pyridine rings is 1. The minimum absolute atomic E-state index is 0.0148. The third-order valence-electron chi connectivity index (χ3n) is 5.92. The van der Waals surface area contributed by atoms with E-state index in [0.29, 0.717) is 35.2 Å². The first-order valence-electron chi connectivity index (χ1n) is 10.4. The van der Waals surface area contributed by atoms with Gasteiger partial charge in [0.15, 0.2) is 0 Å². The average molecular weight is 467 g/mol. The highest BCUT2D eigenvalue weighted by molar-refractivity contribution is 6.31. The number of piperazine rings is 1. The molecule has 1 aliphatic heterocycles. The molecule has 0 amide bonds. The van der Waals surface area contributed by atoms with Crippen molar-refractivity contribution < 1.29 is 5.11 Å². The molecule has 1 saturated heterocycles. The molecule has 0 aliphatic carbocycles. The van der Waals surface area contributed by atoms with Crippen LogP contribution in [-0.4, -0.2) is 41.2 Å². The summed E-state index contributed by atoms with van der Waals surface area (Å²) in [5.41, 5.74) is 2.26. The molecule has 164 valence electrons. The highest BCUT2D eigenvalue weighted by Crippen LogP contribution is 2.35. The van der Waals surface area contributed by atoms with Crippen molar-refractivity contribution >= 4 is 28.9 Å². The van der Waals surface area contributed by atoms with Crippen molar-refractivity contribution in [3.05, 3.63) is 93.7 Å². The molecule has 2 heterocycles. The zero-order valence-electron chi connectivity index (χ0n) is 17.7. The Morgan fingerprint density at radius 3 is 2.56 bits per heavy atom. The van der Waals surface area contributed by atoms with Crippen LogP contribution >= 0.6 is 23.2 Å². The van der Waals surface area contributed by atoms with Gasteiger partial charge in [-0.1, -0.05) is 41.4 Å². The third-order valence-corrected chi connectivity index (χ3v) is 6.41. The molecule has 0 bridgehead atoms. The van der Waals surface area contributed by atoms with Crippen LogP contribution in [0.4, 0.5) is 5.69 Å². The summed E-state index contributed by atoms with van der Waals surface area (Å²) in [6.07, 6.45) is 3.41. The molecule has 1 aromatic heterocycles. The van der Waals surface area contributed by atoms with E-state index in [0.717, 1.165) is 23.4 Å². The van der Waals surface area contributed by atoms with Crippen LogP contribution < -0.4 is 4.90 Å². The Hall–Kier alpha value is -2.62. The first-order chi connectivity index (χ1) is 15.4. The first kappa shape index (κ1) is 22.6. The van der Waals surface area contributed by atoms with Crippen molar-refractivity contribution in [2.45, 2.75) is 18.6 Å². The lowest BCUT2D eigenvalue weighted by atomic mass is 9.95. The molecule has 0 radical (unpaired) electrons. The topological polar surface area (TPSA) is 63.4 Å². The molecule has 0 unspecified atom stereocenters. The van der Waals surface area contributed by atoms with Crippen LogP contribution in [0.15, 0.2) is 67.0 Å². The molecule has 5 nitrogen and oxygen atoms in total. The number of hydrogen-bond acceptors (Lipinski definition) is 5. The molecule has 1 N–H and O–H groups in total. The highest BCUT2D eigenvalue weighted by atomic mass is 35.5. The maximum absolute atomic E-state index is 11.2. The van der Waals surface area contributed by atoms with E-state index < -0.39 is 5.60 Å². The van der Waals surface area contributed by atoms with Crippen LogP contribution in [0.2, 0.25) is 10.0 Å². The van der Waals surface area contributed by atoms with Crippen LogP contribution in [-0.2, 0) is 5.60 Å². The van der Waals surface area contributed by atoms with Crippen LogP contribution in [0, 0.1) is 11.3 Å². The molecule has 7 heteroatoms. The van der Waals surface area contributed by atoms with Gasteiger partial charge in [-0.05, 0) is 48.9 Å². The molecule has 2 aromatic carbocycles. The van der Waals surface area contributed by atoms with Gasteiger partial charge in [-0.2, -0.15) is 5.26 Å². The predicted octanol–water partition coefficient (Wildman–Crippen LogP) is 5.03. The van der Waals surface area contributed by atoms with Gasteiger partial charge < -0.3 is 10.0 Å². The summed E-state index contributed by atoms with van der Waals surface area (Å²) in [4.78, 5) is 8.65. The van der Waals surface area contributed by atoms with Gasteiger partial charge in [-0.15, -0.1) is 0 Å². The molecule has 3 aromatic rings. The van der Waals surface area contributed by atoms with E-state index in [-0.39, 0.29) is 6.04 Å². The minimum Gasteiger partial charge on any atom is -0.384 e. The third kappa shape index (κ3) is 4.90. The molecular formula is C25H24Cl2N4O. The number of β-amino-alcohol motifs (C(OH)–C–C–N with tert-alkyl or cyclic N) is 1. The average Bonchev–Trinajstić information content (AvgIpc) is 2.80. The van der Waals surface area contributed by atoms with Crippen LogP contribution in [0.25, 0.3) is 0 Å². The number of aliphatic hydroxyl groups is 1. The minimum atomic E-state index is -1.03. The largest absolute Gasteiger partial charge is 0.384 e. The number of nitrogens with zero attached hydrogens (tertiary/aromatic N) is 4. The Bertz CT molecular complexity index is 1110. The van der Waals surface area contributed by atoms with E-state index in [9.17, 15) is 10.4 Å². The molecule has 1 aliphatic rings. The van der Waals surface area contributed by atoms with Crippen LogP contribution in [0.3, 0.4) is 0 Å². The summed E-state index contributed by atoms with van der Waals surface area (Å²) in [6, 6.07) is 19.2. The maximum Gasteiger partial charge on any atom is 0.101 e. The summed E-state index contributed by atoms with van der Waals surface area (Å²) in [7, 11) is 0. The van der Waals surface area contributed by atoms with Crippen molar-refractivity contribution in [1.29, 1.82) is 5.26 Å². The van der Waals surface area contributed by atoms with Crippen LogP contribution in [0.1, 0.15) is 29.7 Å². The van der Waals surface area contributed by atoms with Gasteiger partial charge in [0, 0.05) is 54.2 Å². The van der Waals surface area contributed by atoms with Crippen molar-refractivity contribution in [3.63, 3.8) is 0 Å². The Labute approximate surface area is 198 Å². The Morgan fingerprint density at radius 1 is 1.12 bits per heavy atom. The van der Waals surface area contributed by atoms with Gasteiger partial charge in [-0.3, -0.25) is 9.88 Å². The van der Waals surface area contributed by atoms with Crippen molar-refractivity contribution in [3.8, 4) is 6.07 Å². The smallest absolute Gasteiger partial charge is 0.101 e. The lowest BCUT2D eigenvalue weighted by Gasteiger charge is -2.45. The quantitative estimate of drug-likeness (QED) is 0.570. The molecule has 2 atom stereocenters. The predicted molar refractivity (Wildman–Crippen MR) is 128 cm³/mol. The molecule has 0 saturated carbocycles. The van der Waals surface area contributed by atoms with E-state index in [1.54, 1.807) is 18.5 Å². The number of anilines is 1. The number of hydrogen-bond donors (Lipinski definition) is 1. The first-order valence-corrected chi connectivity index (χ1v) is 11.2. The number of halogens is 2. The lowest BCUT2D eigenvalue weighted by molar-refractivity contribution is 0.0100.